The zero-order chi connectivity index (χ0) is 12.4. The molecule has 3 aliphatic heterocycles. The monoisotopic (exact) mass is 289 g/mol. The summed E-state index contributed by atoms with van der Waals surface area (Å²) in [4.78, 5) is 0. The van der Waals surface area contributed by atoms with E-state index >= 15 is 0 Å². The van der Waals surface area contributed by atoms with Crippen molar-refractivity contribution in [3.05, 3.63) is 0 Å². The van der Waals surface area contributed by atoms with E-state index in [9.17, 15) is 4.21 Å². The van der Waals surface area contributed by atoms with Crippen molar-refractivity contribution in [2.75, 3.05) is 37.0 Å². The van der Waals surface area contributed by atoms with Crippen LogP contribution in [0.3, 0.4) is 0 Å². The predicted molar refractivity (Wildman–Crippen MR) is 77.6 cm³/mol. The molecule has 0 aromatic rings. The SMILES string of the molecule is O=S(CC1CNC1)C1CCOC2(CCSCC2)C1. The Hall–Kier alpha value is 0.420. The van der Waals surface area contributed by atoms with Gasteiger partial charge in [-0.25, -0.2) is 0 Å². The van der Waals surface area contributed by atoms with E-state index in [-0.39, 0.29) is 5.60 Å². The average Bonchev–Trinajstić information content (AvgIpc) is 2.34. The average molecular weight is 289 g/mol. The molecule has 0 aliphatic carbocycles. The highest BCUT2D eigenvalue weighted by atomic mass is 32.2. The molecule has 5 heteroatoms. The van der Waals surface area contributed by atoms with E-state index < -0.39 is 10.8 Å². The molecular weight excluding hydrogens is 266 g/mol. The summed E-state index contributed by atoms with van der Waals surface area (Å²) in [5.74, 6) is 3.99. The molecule has 0 amide bonds. The molecule has 0 aromatic carbocycles. The van der Waals surface area contributed by atoms with Crippen LogP contribution in [0, 0.1) is 5.92 Å². The summed E-state index contributed by atoms with van der Waals surface area (Å²) in [6.45, 7) is 2.96. The van der Waals surface area contributed by atoms with Crippen LogP contribution in [0.1, 0.15) is 25.7 Å². The minimum absolute atomic E-state index is 0.0850. The van der Waals surface area contributed by atoms with E-state index in [1.54, 1.807) is 0 Å². The first-order chi connectivity index (χ1) is 8.77. The van der Waals surface area contributed by atoms with E-state index in [0.29, 0.717) is 11.2 Å². The molecule has 1 N–H and O–H groups in total. The van der Waals surface area contributed by atoms with Crippen molar-refractivity contribution in [2.24, 2.45) is 5.92 Å². The molecule has 0 radical (unpaired) electrons. The molecule has 3 saturated heterocycles. The van der Waals surface area contributed by atoms with Crippen LogP contribution in [0.15, 0.2) is 0 Å². The van der Waals surface area contributed by atoms with Gasteiger partial charge in [0.05, 0.1) is 5.60 Å². The van der Waals surface area contributed by atoms with Crippen LogP contribution in [0.2, 0.25) is 0 Å². The van der Waals surface area contributed by atoms with Gasteiger partial charge in [-0.1, -0.05) is 0 Å². The van der Waals surface area contributed by atoms with Crippen LogP contribution in [0.4, 0.5) is 0 Å². The Labute approximate surface area is 116 Å². The summed E-state index contributed by atoms with van der Waals surface area (Å²) in [7, 11) is -0.640. The lowest BCUT2D eigenvalue weighted by Crippen LogP contribution is -2.49. The number of hydrogen-bond acceptors (Lipinski definition) is 4. The molecule has 3 heterocycles. The molecule has 0 aromatic heterocycles. The Bertz CT molecular complexity index is 309. The van der Waals surface area contributed by atoms with Crippen molar-refractivity contribution < 1.29 is 8.95 Å². The summed E-state index contributed by atoms with van der Waals surface area (Å²) >= 11 is 2.03. The van der Waals surface area contributed by atoms with E-state index in [1.807, 2.05) is 11.8 Å². The zero-order valence-corrected chi connectivity index (χ0v) is 12.5. The van der Waals surface area contributed by atoms with Crippen molar-refractivity contribution >= 4 is 22.6 Å². The summed E-state index contributed by atoms with van der Waals surface area (Å²) < 4.78 is 18.5. The summed E-state index contributed by atoms with van der Waals surface area (Å²) in [6, 6.07) is 0. The van der Waals surface area contributed by atoms with Gasteiger partial charge in [0.25, 0.3) is 0 Å². The zero-order valence-electron chi connectivity index (χ0n) is 10.9. The molecule has 2 atom stereocenters. The maximum atomic E-state index is 12.4. The smallest absolute Gasteiger partial charge is 0.0709 e. The molecule has 3 aliphatic rings. The largest absolute Gasteiger partial charge is 0.375 e. The van der Waals surface area contributed by atoms with Crippen molar-refractivity contribution in [1.29, 1.82) is 0 Å². The standard InChI is InChI=1S/C13H23NO2S2/c15-18(10-11-8-14-9-11)12-1-4-16-13(7-12)2-5-17-6-3-13/h11-12,14H,1-10H2. The molecule has 3 rings (SSSR count). The van der Waals surface area contributed by atoms with Crippen LogP contribution in [-0.2, 0) is 15.5 Å². The fraction of sp³-hybridized carbons (Fsp3) is 1.00. The van der Waals surface area contributed by atoms with Crippen LogP contribution < -0.4 is 5.32 Å². The Morgan fingerprint density at radius 3 is 2.78 bits per heavy atom. The van der Waals surface area contributed by atoms with E-state index in [0.717, 1.165) is 51.1 Å². The quantitative estimate of drug-likeness (QED) is 0.852. The first-order valence-electron chi connectivity index (χ1n) is 7.07. The van der Waals surface area contributed by atoms with Gasteiger partial charge < -0.3 is 10.1 Å². The molecule has 1 spiro atoms. The number of thioether (sulfide) groups is 1. The van der Waals surface area contributed by atoms with Crippen molar-refractivity contribution in [3.63, 3.8) is 0 Å². The topological polar surface area (TPSA) is 38.3 Å². The lowest BCUT2D eigenvalue weighted by atomic mass is 9.88. The number of hydrogen-bond donors (Lipinski definition) is 1. The van der Waals surface area contributed by atoms with E-state index in [2.05, 4.69) is 5.32 Å². The van der Waals surface area contributed by atoms with Gasteiger partial charge in [0.1, 0.15) is 0 Å². The first-order valence-corrected chi connectivity index (χ1v) is 9.61. The van der Waals surface area contributed by atoms with Crippen molar-refractivity contribution in [2.45, 2.75) is 36.5 Å². The van der Waals surface area contributed by atoms with Gasteiger partial charge in [0, 0.05) is 41.5 Å². The maximum absolute atomic E-state index is 12.4. The first kappa shape index (κ1) is 13.4. The number of nitrogens with one attached hydrogen (secondary N) is 1. The van der Waals surface area contributed by atoms with Gasteiger partial charge in [-0.15, -0.1) is 0 Å². The molecule has 0 bridgehead atoms. The third-order valence-electron chi connectivity index (χ3n) is 4.49. The number of ether oxygens (including phenoxy) is 1. The number of rotatable bonds is 3. The third-order valence-corrected chi connectivity index (χ3v) is 7.42. The van der Waals surface area contributed by atoms with Gasteiger partial charge in [-0.2, -0.15) is 11.8 Å². The lowest BCUT2D eigenvalue weighted by molar-refractivity contribution is -0.0809. The normalized spacial score (nSPS) is 34.1. The minimum Gasteiger partial charge on any atom is -0.375 e. The third kappa shape index (κ3) is 2.94. The Morgan fingerprint density at radius 1 is 1.33 bits per heavy atom. The highest BCUT2D eigenvalue weighted by Crippen LogP contribution is 2.39. The van der Waals surface area contributed by atoms with Crippen LogP contribution >= 0.6 is 11.8 Å². The van der Waals surface area contributed by atoms with E-state index in [4.69, 9.17) is 4.74 Å². The van der Waals surface area contributed by atoms with Crippen molar-refractivity contribution in [1.82, 2.24) is 5.32 Å². The van der Waals surface area contributed by atoms with Gasteiger partial charge >= 0.3 is 0 Å². The fourth-order valence-electron chi connectivity index (χ4n) is 3.13. The molecule has 3 fully saturated rings. The maximum Gasteiger partial charge on any atom is 0.0709 e. The van der Waals surface area contributed by atoms with Crippen molar-refractivity contribution in [3.8, 4) is 0 Å². The second-order valence-corrected chi connectivity index (χ2v) is 8.82. The molecule has 18 heavy (non-hydrogen) atoms. The molecule has 0 saturated carbocycles. The van der Waals surface area contributed by atoms with Gasteiger partial charge in [0.15, 0.2) is 0 Å². The highest BCUT2D eigenvalue weighted by Gasteiger charge is 2.40. The fourth-order valence-corrected chi connectivity index (χ4v) is 6.19. The lowest BCUT2D eigenvalue weighted by Gasteiger charge is -2.43. The summed E-state index contributed by atoms with van der Waals surface area (Å²) in [5, 5.41) is 3.66. The molecule has 104 valence electrons. The Morgan fingerprint density at radius 2 is 2.11 bits per heavy atom. The predicted octanol–water partition coefficient (Wildman–Crippen LogP) is 1.40. The summed E-state index contributed by atoms with van der Waals surface area (Å²) in [6.07, 6.45) is 4.37. The van der Waals surface area contributed by atoms with Gasteiger partial charge in [0.2, 0.25) is 0 Å². The second-order valence-electron chi connectivity index (χ2n) is 5.83. The van der Waals surface area contributed by atoms with Crippen LogP contribution in [-0.4, -0.2) is 52.0 Å². The molecule has 2 unspecified atom stereocenters. The van der Waals surface area contributed by atoms with Gasteiger partial charge in [-0.3, -0.25) is 4.21 Å². The minimum atomic E-state index is -0.640. The van der Waals surface area contributed by atoms with E-state index in [1.165, 1.54) is 11.5 Å². The highest BCUT2D eigenvalue weighted by molar-refractivity contribution is 7.99. The second kappa shape index (κ2) is 5.81. The summed E-state index contributed by atoms with van der Waals surface area (Å²) in [5.41, 5.74) is 0.0850. The Balaban J connectivity index is 1.56. The Kier molecular flexibility index (Phi) is 4.33. The van der Waals surface area contributed by atoms with Crippen LogP contribution in [0.5, 0.6) is 0 Å². The van der Waals surface area contributed by atoms with Gasteiger partial charge in [-0.05, 0) is 43.1 Å². The molecular formula is C13H23NO2S2. The van der Waals surface area contributed by atoms with Crippen LogP contribution in [0.25, 0.3) is 0 Å². The molecule has 3 nitrogen and oxygen atoms in total.